The van der Waals surface area contributed by atoms with Crippen LogP contribution >= 0.6 is 0 Å². The van der Waals surface area contributed by atoms with Crippen molar-refractivity contribution in [2.24, 2.45) is 0 Å². The van der Waals surface area contributed by atoms with E-state index in [4.69, 9.17) is 5.11 Å². The third-order valence-electron chi connectivity index (χ3n) is 4.59. The van der Waals surface area contributed by atoms with Gasteiger partial charge in [0.05, 0.1) is 6.54 Å². The molecule has 6 heteroatoms. The van der Waals surface area contributed by atoms with E-state index in [1.165, 1.54) is 5.56 Å². The van der Waals surface area contributed by atoms with Crippen LogP contribution in [0.3, 0.4) is 0 Å². The van der Waals surface area contributed by atoms with Crippen LogP contribution in [0, 0.1) is 6.92 Å². The van der Waals surface area contributed by atoms with E-state index in [2.05, 4.69) is 5.32 Å². The van der Waals surface area contributed by atoms with Gasteiger partial charge in [0.25, 0.3) is 0 Å². The molecule has 2 rings (SSSR count). The molecule has 24 heavy (non-hydrogen) atoms. The molecule has 1 aromatic rings. The standard InChI is InChI=1S/C18H27N3O3/c1-4-21(12-17(22)23)16-9-15(10-16)19-18(24)20(3)11-14-7-5-13(2)6-8-14/h5-8,15-16H,4,9-12H2,1-3H3,(H,19,24)(H,22,23). The summed E-state index contributed by atoms with van der Waals surface area (Å²) in [5, 5.41) is 11.9. The molecule has 1 aliphatic rings. The Labute approximate surface area is 143 Å². The summed E-state index contributed by atoms with van der Waals surface area (Å²) in [6, 6.07) is 8.44. The number of rotatable bonds is 7. The smallest absolute Gasteiger partial charge is 0.317 e. The first kappa shape index (κ1) is 18.3. The summed E-state index contributed by atoms with van der Waals surface area (Å²) in [6.07, 6.45) is 1.62. The summed E-state index contributed by atoms with van der Waals surface area (Å²) in [5.74, 6) is -0.804. The quantitative estimate of drug-likeness (QED) is 0.801. The Morgan fingerprint density at radius 2 is 1.88 bits per heavy atom. The summed E-state index contributed by atoms with van der Waals surface area (Å²) >= 11 is 0. The predicted octanol–water partition coefficient (Wildman–Crippen LogP) is 2.07. The lowest BCUT2D eigenvalue weighted by Crippen LogP contribution is -2.56. The number of urea groups is 1. The van der Waals surface area contributed by atoms with E-state index in [0.717, 1.165) is 18.4 Å². The highest BCUT2D eigenvalue weighted by Gasteiger charge is 2.35. The minimum absolute atomic E-state index is 0.0646. The molecule has 0 saturated heterocycles. The zero-order chi connectivity index (χ0) is 17.7. The Balaban J connectivity index is 1.75. The molecule has 2 N–H and O–H groups in total. The Morgan fingerprint density at radius 1 is 1.25 bits per heavy atom. The lowest BCUT2D eigenvalue weighted by molar-refractivity contribution is -0.139. The number of carboxylic acids is 1. The molecular weight excluding hydrogens is 306 g/mol. The minimum Gasteiger partial charge on any atom is -0.480 e. The zero-order valence-corrected chi connectivity index (χ0v) is 14.7. The lowest BCUT2D eigenvalue weighted by atomic mass is 9.85. The fourth-order valence-electron chi connectivity index (χ4n) is 3.00. The van der Waals surface area contributed by atoms with Crippen molar-refractivity contribution in [3.63, 3.8) is 0 Å². The summed E-state index contributed by atoms with van der Waals surface area (Å²) < 4.78 is 0. The maximum absolute atomic E-state index is 12.2. The Kier molecular flexibility index (Phi) is 6.20. The van der Waals surface area contributed by atoms with Crippen molar-refractivity contribution in [3.8, 4) is 0 Å². The second kappa shape index (κ2) is 8.15. The van der Waals surface area contributed by atoms with E-state index < -0.39 is 5.97 Å². The van der Waals surface area contributed by atoms with Gasteiger partial charge < -0.3 is 15.3 Å². The van der Waals surface area contributed by atoms with Gasteiger partial charge >= 0.3 is 12.0 Å². The van der Waals surface area contributed by atoms with Gasteiger partial charge in [-0.2, -0.15) is 0 Å². The van der Waals surface area contributed by atoms with Gasteiger partial charge in [0, 0.05) is 25.7 Å². The number of hydrogen-bond acceptors (Lipinski definition) is 3. The number of aliphatic carboxylic acids is 1. The van der Waals surface area contributed by atoms with Gasteiger partial charge in [-0.05, 0) is 31.9 Å². The molecule has 0 heterocycles. The van der Waals surface area contributed by atoms with Crippen LogP contribution in [0.4, 0.5) is 4.79 Å². The number of nitrogens with zero attached hydrogens (tertiary/aromatic N) is 2. The van der Waals surface area contributed by atoms with Crippen LogP contribution in [0.25, 0.3) is 0 Å². The molecule has 6 nitrogen and oxygen atoms in total. The summed E-state index contributed by atoms with van der Waals surface area (Å²) in [7, 11) is 1.79. The van der Waals surface area contributed by atoms with Crippen molar-refractivity contribution in [1.29, 1.82) is 0 Å². The van der Waals surface area contributed by atoms with Crippen LogP contribution in [-0.2, 0) is 11.3 Å². The van der Waals surface area contributed by atoms with Crippen LogP contribution < -0.4 is 5.32 Å². The fraction of sp³-hybridized carbons (Fsp3) is 0.556. The fourth-order valence-corrected chi connectivity index (χ4v) is 3.00. The van der Waals surface area contributed by atoms with Gasteiger partial charge in [-0.3, -0.25) is 9.69 Å². The van der Waals surface area contributed by atoms with E-state index in [-0.39, 0.29) is 24.7 Å². The maximum Gasteiger partial charge on any atom is 0.317 e. The van der Waals surface area contributed by atoms with Crippen molar-refractivity contribution in [1.82, 2.24) is 15.1 Å². The van der Waals surface area contributed by atoms with Crippen molar-refractivity contribution in [2.45, 2.75) is 45.3 Å². The number of hydrogen-bond donors (Lipinski definition) is 2. The third kappa shape index (κ3) is 4.96. The first-order chi connectivity index (χ1) is 11.4. The first-order valence-corrected chi connectivity index (χ1v) is 8.42. The van der Waals surface area contributed by atoms with Crippen LogP contribution in [0.1, 0.15) is 30.9 Å². The van der Waals surface area contributed by atoms with Crippen molar-refractivity contribution in [2.75, 3.05) is 20.1 Å². The highest BCUT2D eigenvalue weighted by Crippen LogP contribution is 2.25. The molecule has 2 amide bonds. The molecule has 1 aliphatic carbocycles. The van der Waals surface area contributed by atoms with Crippen LogP contribution in [0.2, 0.25) is 0 Å². The number of carbonyl (C=O) groups is 2. The summed E-state index contributed by atoms with van der Waals surface area (Å²) in [6.45, 7) is 5.35. The van der Waals surface area contributed by atoms with Gasteiger partial charge in [-0.25, -0.2) is 4.79 Å². The van der Waals surface area contributed by atoms with E-state index >= 15 is 0 Å². The molecule has 132 valence electrons. The summed E-state index contributed by atoms with van der Waals surface area (Å²) in [4.78, 5) is 26.7. The molecule has 1 saturated carbocycles. The largest absolute Gasteiger partial charge is 0.480 e. The van der Waals surface area contributed by atoms with Crippen molar-refractivity contribution >= 4 is 12.0 Å². The van der Waals surface area contributed by atoms with Gasteiger partial charge in [0.15, 0.2) is 0 Å². The minimum atomic E-state index is -0.804. The van der Waals surface area contributed by atoms with Gasteiger partial charge in [0.2, 0.25) is 0 Å². The van der Waals surface area contributed by atoms with Gasteiger partial charge in [-0.1, -0.05) is 36.8 Å². The number of carbonyl (C=O) groups excluding carboxylic acids is 1. The van der Waals surface area contributed by atoms with E-state index in [1.54, 1.807) is 11.9 Å². The van der Waals surface area contributed by atoms with Crippen LogP contribution in [0.15, 0.2) is 24.3 Å². The average molecular weight is 333 g/mol. The number of amides is 2. The number of benzene rings is 1. The highest BCUT2D eigenvalue weighted by molar-refractivity contribution is 5.74. The molecule has 1 fully saturated rings. The van der Waals surface area contributed by atoms with E-state index in [0.29, 0.717) is 13.1 Å². The average Bonchev–Trinajstić information content (AvgIpc) is 2.50. The number of aryl methyl sites for hydroxylation is 1. The van der Waals surface area contributed by atoms with Crippen LogP contribution in [0.5, 0.6) is 0 Å². The van der Waals surface area contributed by atoms with E-state index in [1.807, 2.05) is 43.0 Å². The van der Waals surface area contributed by atoms with Crippen molar-refractivity contribution < 1.29 is 14.7 Å². The first-order valence-electron chi connectivity index (χ1n) is 8.42. The third-order valence-corrected chi connectivity index (χ3v) is 4.59. The molecule has 1 aromatic carbocycles. The molecule has 0 bridgehead atoms. The Hall–Kier alpha value is -2.08. The zero-order valence-electron chi connectivity index (χ0n) is 14.7. The Bertz CT molecular complexity index is 567. The van der Waals surface area contributed by atoms with Crippen molar-refractivity contribution in [3.05, 3.63) is 35.4 Å². The van der Waals surface area contributed by atoms with Crippen LogP contribution in [-0.4, -0.2) is 59.1 Å². The SMILES string of the molecule is CCN(CC(=O)O)C1CC(NC(=O)N(C)Cc2ccc(C)cc2)C1. The highest BCUT2D eigenvalue weighted by atomic mass is 16.4. The molecule has 0 radical (unpaired) electrons. The predicted molar refractivity (Wildman–Crippen MR) is 92.9 cm³/mol. The molecule has 0 aliphatic heterocycles. The Morgan fingerprint density at radius 3 is 2.42 bits per heavy atom. The maximum atomic E-state index is 12.2. The second-order valence-corrected chi connectivity index (χ2v) is 6.57. The van der Waals surface area contributed by atoms with Gasteiger partial charge in [0.1, 0.15) is 0 Å². The lowest BCUT2D eigenvalue weighted by Gasteiger charge is -2.42. The molecular formula is C18H27N3O3. The number of nitrogens with one attached hydrogen (secondary N) is 1. The monoisotopic (exact) mass is 333 g/mol. The number of carboxylic acid groups (broad SMARTS) is 1. The topological polar surface area (TPSA) is 72.9 Å². The molecule has 0 spiro atoms. The van der Waals surface area contributed by atoms with E-state index in [9.17, 15) is 9.59 Å². The molecule has 0 unspecified atom stereocenters. The second-order valence-electron chi connectivity index (χ2n) is 6.57. The normalized spacial score (nSPS) is 19.7. The molecule has 0 atom stereocenters. The summed E-state index contributed by atoms with van der Waals surface area (Å²) in [5.41, 5.74) is 2.30. The molecule has 0 aromatic heterocycles. The number of likely N-dealkylation sites (N-methyl/N-ethyl adjacent to an activating group) is 1. The van der Waals surface area contributed by atoms with Gasteiger partial charge in [-0.15, -0.1) is 0 Å².